The van der Waals surface area contributed by atoms with Crippen molar-refractivity contribution in [1.82, 2.24) is 30.7 Å². The number of phenols is 4. The van der Waals surface area contributed by atoms with E-state index in [0.29, 0.717) is 91.1 Å². The van der Waals surface area contributed by atoms with E-state index in [9.17, 15) is 38.4 Å². The molecule has 0 unspecified atom stereocenters. The average Bonchev–Trinajstić information content (AvgIpc) is 3.99. The number of sulfone groups is 1. The Balaban J connectivity index is 0.949. The van der Waals surface area contributed by atoms with Gasteiger partial charge in [0, 0.05) is 63.7 Å². The van der Waals surface area contributed by atoms with Gasteiger partial charge in [-0.05, 0) is 108 Å². The maximum atomic E-state index is 14.0. The van der Waals surface area contributed by atoms with Crippen molar-refractivity contribution in [2.45, 2.75) is 92.2 Å². The second kappa shape index (κ2) is 21.3. The van der Waals surface area contributed by atoms with Gasteiger partial charge >= 0.3 is 0 Å². The molecule has 0 spiro atoms. The van der Waals surface area contributed by atoms with Gasteiger partial charge in [-0.15, -0.1) is 0 Å². The Labute approximate surface area is 414 Å². The SMILES string of the molecule is CCNC(=O)c1noc(-c2cc(C(C)C)c(O)cc2O)c1-c1ccc2c(c1)CCN(CCCCNC(=O)c1noc(-c3cc(C(C)C)c(O)cc3O)c1-c1ccc3c(c1)CCN(CCS(=O)(=O)CC)C3)C2. The highest BCUT2D eigenvalue weighted by Crippen LogP contribution is 2.45. The van der Waals surface area contributed by atoms with Gasteiger partial charge in [0.15, 0.2) is 32.7 Å². The minimum absolute atomic E-state index is 0.0302. The molecule has 4 aromatic carbocycles. The molecule has 0 saturated carbocycles. The summed E-state index contributed by atoms with van der Waals surface area (Å²) in [7, 11) is -3.10. The third-order valence-electron chi connectivity index (χ3n) is 13.7. The zero-order valence-electron chi connectivity index (χ0n) is 41.3. The number of carbonyl (C=O) groups is 2. The number of benzene rings is 4. The monoisotopic (exact) mass is 988 g/mol. The summed E-state index contributed by atoms with van der Waals surface area (Å²) in [6.07, 6.45) is 2.95. The molecule has 0 bridgehead atoms. The van der Waals surface area contributed by atoms with Crippen LogP contribution in [0.25, 0.3) is 44.9 Å². The fourth-order valence-electron chi connectivity index (χ4n) is 9.59. The Morgan fingerprint density at radius 2 is 1.11 bits per heavy atom. The van der Waals surface area contributed by atoms with E-state index in [4.69, 9.17) is 9.05 Å². The number of fused-ring (bicyclic) bond motifs is 2. The summed E-state index contributed by atoms with van der Waals surface area (Å²) in [4.78, 5) is 31.8. The van der Waals surface area contributed by atoms with E-state index in [1.165, 1.54) is 12.1 Å². The maximum absolute atomic E-state index is 14.0. The normalized spacial score (nSPS) is 14.2. The van der Waals surface area contributed by atoms with Crippen LogP contribution in [0, 0.1) is 0 Å². The molecule has 0 radical (unpaired) electrons. The zero-order chi connectivity index (χ0) is 50.7. The first-order valence-corrected chi connectivity index (χ1v) is 26.4. The second-order valence-corrected chi connectivity index (χ2v) is 21.7. The average molecular weight is 989 g/mol. The molecular weight excluding hydrogens is 925 g/mol. The standard InChI is InChI=1S/C54H64N6O10S/c1-7-55-53(65)49-47(51(69-57-49)41-25-39(31(3)4)43(61)27-45(41)63)35-11-13-37-29-59(19-15-33(37)23-35)18-10-9-17-56-54(66)50-48(52(70-58-50)42-26-40(32(5)6)44(62)28-46(42)64)36-12-14-38-30-60(20-16-34(38)24-36)21-22-71(67,68)8-2/h11-14,23-28,31-32,61-64H,7-10,15-22,29-30H2,1-6H3,(H,55,65)(H,56,66). The Morgan fingerprint density at radius 3 is 1.58 bits per heavy atom. The van der Waals surface area contributed by atoms with Crippen LogP contribution in [0.1, 0.15) is 121 Å². The predicted octanol–water partition coefficient (Wildman–Crippen LogP) is 8.51. The lowest BCUT2D eigenvalue weighted by Crippen LogP contribution is -2.34. The van der Waals surface area contributed by atoms with Gasteiger partial charge in [0.05, 0.1) is 28.0 Å². The Kier molecular flexibility index (Phi) is 15.2. The first-order valence-electron chi connectivity index (χ1n) is 24.5. The molecule has 0 atom stereocenters. The first kappa shape index (κ1) is 50.7. The molecule has 2 amide bonds. The minimum atomic E-state index is -3.10. The summed E-state index contributed by atoms with van der Waals surface area (Å²) < 4.78 is 36.1. The van der Waals surface area contributed by atoms with E-state index in [1.54, 1.807) is 19.1 Å². The van der Waals surface area contributed by atoms with Crippen LogP contribution >= 0.6 is 0 Å². The van der Waals surface area contributed by atoms with E-state index in [0.717, 1.165) is 53.7 Å². The van der Waals surface area contributed by atoms with Crippen molar-refractivity contribution in [3.8, 4) is 67.9 Å². The Hall–Kier alpha value is -6.69. The van der Waals surface area contributed by atoms with Crippen molar-refractivity contribution in [2.75, 3.05) is 50.8 Å². The number of rotatable bonds is 18. The molecule has 6 N–H and O–H groups in total. The van der Waals surface area contributed by atoms with Crippen LogP contribution in [-0.2, 0) is 35.8 Å². The molecule has 4 heterocycles. The number of aromatic nitrogens is 2. The minimum Gasteiger partial charge on any atom is -0.508 e. The van der Waals surface area contributed by atoms with Crippen molar-refractivity contribution in [3.63, 3.8) is 0 Å². The van der Waals surface area contributed by atoms with Crippen molar-refractivity contribution < 1.29 is 47.5 Å². The lowest BCUT2D eigenvalue weighted by Gasteiger charge is -2.29. The van der Waals surface area contributed by atoms with Crippen LogP contribution in [-0.4, -0.2) is 112 Å². The molecular formula is C54H64N6O10S. The molecule has 376 valence electrons. The molecule has 8 rings (SSSR count). The number of nitrogens with one attached hydrogen (secondary N) is 2. The molecule has 0 saturated heterocycles. The van der Waals surface area contributed by atoms with Gasteiger partial charge in [-0.2, -0.15) is 0 Å². The molecule has 2 aliphatic heterocycles. The summed E-state index contributed by atoms with van der Waals surface area (Å²) in [5.74, 6) is -0.756. The molecule has 0 aliphatic carbocycles. The molecule has 2 aliphatic rings. The van der Waals surface area contributed by atoms with Gasteiger partial charge in [0.25, 0.3) is 11.8 Å². The number of phenolic OH excluding ortho intramolecular Hbond substituents is 4. The summed E-state index contributed by atoms with van der Waals surface area (Å²) in [5.41, 5.74) is 8.73. The largest absolute Gasteiger partial charge is 0.508 e. The quantitative estimate of drug-likeness (QED) is 0.0444. The van der Waals surface area contributed by atoms with Crippen molar-refractivity contribution in [3.05, 3.63) is 105 Å². The van der Waals surface area contributed by atoms with E-state index < -0.39 is 21.7 Å². The summed E-state index contributed by atoms with van der Waals surface area (Å²) in [5, 5.41) is 57.6. The van der Waals surface area contributed by atoms with Crippen molar-refractivity contribution in [1.29, 1.82) is 0 Å². The Bertz CT molecular complexity index is 3070. The number of aromatic hydroxyl groups is 4. The van der Waals surface area contributed by atoms with Crippen LogP contribution in [0.15, 0.2) is 69.7 Å². The van der Waals surface area contributed by atoms with Gasteiger partial charge in [-0.3, -0.25) is 19.4 Å². The highest BCUT2D eigenvalue weighted by molar-refractivity contribution is 7.91. The van der Waals surface area contributed by atoms with E-state index in [2.05, 4.69) is 42.9 Å². The number of amides is 2. The van der Waals surface area contributed by atoms with Gasteiger partial charge in [-0.1, -0.05) is 81.3 Å². The summed E-state index contributed by atoms with van der Waals surface area (Å²) in [6.45, 7) is 16.0. The molecule has 6 aromatic rings. The first-order chi connectivity index (χ1) is 34.0. The fraction of sp³-hybridized carbons (Fsp3) is 0.407. The summed E-state index contributed by atoms with van der Waals surface area (Å²) in [6, 6.07) is 17.9. The highest BCUT2D eigenvalue weighted by Gasteiger charge is 2.31. The molecule has 2 aromatic heterocycles. The van der Waals surface area contributed by atoms with Crippen LogP contribution in [0.5, 0.6) is 23.0 Å². The van der Waals surface area contributed by atoms with E-state index in [1.807, 2.05) is 58.9 Å². The van der Waals surface area contributed by atoms with Crippen LogP contribution in [0.4, 0.5) is 0 Å². The number of hydrogen-bond donors (Lipinski definition) is 6. The molecule has 0 fully saturated rings. The molecule has 16 nitrogen and oxygen atoms in total. The van der Waals surface area contributed by atoms with E-state index >= 15 is 0 Å². The van der Waals surface area contributed by atoms with Gasteiger partial charge in [-0.25, -0.2) is 8.42 Å². The van der Waals surface area contributed by atoms with Gasteiger partial charge in [0.2, 0.25) is 0 Å². The maximum Gasteiger partial charge on any atom is 0.274 e. The van der Waals surface area contributed by atoms with Crippen LogP contribution < -0.4 is 10.6 Å². The summed E-state index contributed by atoms with van der Waals surface area (Å²) >= 11 is 0. The second-order valence-electron chi connectivity index (χ2n) is 19.2. The molecule has 17 heteroatoms. The predicted molar refractivity (Wildman–Crippen MR) is 271 cm³/mol. The van der Waals surface area contributed by atoms with Crippen molar-refractivity contribution in [2.24, 2.45) is 0 Å². The van der Waals surface area contributed by atoms with Crippen molar-refractivity contribution >= 4 is 21.7 Å². The van der Waals surface area contributed by atoms with Crippen LogP contribution in [0.2, 0.25) is 0 Å². The number of unbranched alkanes of at least 4 members (excludes halogenated alkanes) is 1. The van der Waals surface area contributed by atoms with Crippen LogP contribution in [0.3, 0.4) is 0 Å². The number of carbonyl (C=O) groups excluding carboxylic acids is 2. The topological polar surface area (TPSA) is 232 Å². The zero-order valence-corrected chi connectivity index (χ0v) is 42.1. The Morgan fingerprint density at radius 1 is 0.634 bits per heavy atom. The van der Waals surface area contributed by atoms with Gasteiger partial charge in [0.1, 0.15) is 23.0 Å². The number of hydrogen-bond acceptors (Lipinski definition) is 14. The highest BCUT2D eigenvalue weighted by atomic mass is 32.2. The fourth-order valence-corrected chi connectivity index (χ4v) is 10.4. The smallest absolute Gasteiger partial charge is 0.274 e. The lowest BCUT2D eigenvalue weighted by atomic mass is 9.91. The third kappa shape index (κ3) is 11.0. The van der Waals surface area contributed by atoms with E-state index in [-0.39, 0.29) is 69.2 Å². The third-order valence-corrected chi connectivity index (χ3v) is 15.4. The lowest BCUT2D eigenvalue weighted by molar-refractivity contribution is 0.0937. The number of nitrogens with zero attached hydrogens (tertiary/aromatic N) is 4. The van der Waals surface area contributed by atoms with Gasteiger partial charge < -0.3 is 40.1 Å². The molecule has 71 heavy (non-hydrogen) atoms.